The first kappa shape index (κ1) is 18.7. The van der Waals surface area contributed by atoms with Crippen LogP contribution in [0.2, 0.25) is 0 Å². The Labute approximate surface area is 148 Å². The van der Waals surface area contributed by atoms with Crippen molar-refractivity contribution in [2.45, 2.75) is 49.2 Å². The lowest BCUT2D eigenvalue weighted by molar-refractivity contribution is -0.134. The molecule has 24 heavy (non-hydrogen) atoms. The largest absolute Gasteiger partial charge is 0.481 e. The van der Waals surface area contributed by atoms with Gasteiger partial charge in [0.25, 0.3) is 0 Å². The van der Waals surface area contributed by atoms with Gasteiger partial charge < -0.3 is 5.11 Å². The summed E-state index contributed by atoms with van der Waals surface area (Å²) in [4.78, 5) is 38.1. The molecule has 132 valence electrons. The Bertz CT molecular complexity index is 585. The second kappa shape index (κ2) is 9.63. The molecule has 1 aliphatic carbocycles. The van der Waals surface area contributed by atoms with E-state index < -0.39 is 12.0 Å². The van der Waals surface area contributed by atoms with Crippen LogP contribution < -0.4 is 10.6 Å². The Hall–Kier alpha value is -1.61. The Morgan fingerprint density at radius 2 is 2.04 bits per heavy atom. The molecule has 0 unspecified atom stereocenters. The van der Waals surface area contributed by atoms with Crippen LogP contribution in [-0.2, 0) is 9.59 Å². The number of imide groups is 1. The molecule has 0 aromatic carbocycles. The molecule has 1 aromatic rings. The minimum atomic E-state index is -0.913. The summed E-state index contributed by atoms with van der Waals surface area (Å²) in [5, 5.41) is 13.7. The number of thiazole rings is 1. The van der Waals surface area contributed by atoms with Gasteiger partial charge in [-0.25, -0.2) is 9.78 Å². The lowest BCUT2D eigenvalue weighted by atomic mass is 9.86. The maximum absolute atomic E-state index is 11.8. The van der Waals surface area contributed by atoms with E-state index in [0.29, 0.717) is 21.7 Å². The maximum atomic E-state index is 11.8. The Kier molecular flexibility index (Phi) is 7.51. The predicted octanol–water partition coefficient (Wildman–Crippen LogP) is 3.33. The molecule has 0 atom stereocenters. The average Bonchev–Trinajstić information content (AvgIpc) is 2.99. The number of hydrogen-bond donors (Lipinski definition) is 3. The van der Waals surface area contributed by atoms with Crippen LogP contribution in [-0.4, -0.2) is 33.8 Å². The van der Waals surface area contributed by atoms with Crippen LogP contribution in [0.1, 0.15) is 44.9 Å². The molecule has 1 heterocycles. The Morgan fingerprint density at radius 3 is 2.75 bits per heavy atom. The molecule has 0 saturated heterocycles. The first-order chi connectivity index (χ1) is 11.5. The molecule has 1 aromatic heterocycles. The van der Waals surface area contributed by atoms with Crippen molar-refractivity contribution < 1.29 is 19.5 Å². The quantitative estimate of drug-likeness (QED) is 0.635. The fraction of sp³-hybridized carbons (Fsp3) is 0.600. The molecule has 0 bridgehead atoms. The van der Waals surface area contributed by atoms with Crippen molar-refractivity contribution in [2.75, 3.05) is 11.1 Å². The highest BCUT2D eigenvalue weighted by molar-refractivity contribution is 8.01. The van der Waals surface area contributed by atoms with Gasteiger partial charge in [-0.1, -0.05) is 43.4 Å². The number of thioether (sulfide) groups is 1. The molecule has 1 aliphatic rings. The van der Waals surface area contributed by atoms with E-state index in [1.165, 1.54) is 49.6 Å². The number of amides is 3. The third kappa shape index (κ3) is 6.88. The van der Waals surface area contributed by atoms with Gasteiger partial charge in [-0.2, -0.15) is 0 Å². The van der Waals surface area contributed by atoms with E-state index in [2.05, 4.69) is 15.6 Å². The number of carboxylic acid groups (broad SMARTS) is 1. The van der Waals surface area contributed by atoms with E-state index in [9.17, 15) is 14.4 Å². The van der Waals surface area contributed by atoms with Crippen molar-refractivity contribution in [3.8, 4) is 0 Å². The van der Waals surface area contributed by atoms with E-state index in [0.717, 1.165) is 18.2 Å². The molecule has 7 nitrogen and oxygen atoms in total. The molecular formula is C15H21N3O4S2. The summed E-state index contributed by atoms with van der Waals surface area (Å²) in [5.74, 6) is -0.660. The molecule has 3 amide bonds. The third-order valence-electron chi connectivity index (χ3n) is 3.80. The standard InChI is InChI=1S/C15H21N3O4S2/c19-11(7-6-10-4-2-1-3-5-10)17-14(22)18-15-16-8-13(24-15)23-9-12(20)21/h8,10H,1-7,9H2,(H,20,21)(H2,16,17,18,19,22). The fourth-order valence-electron chi connectivity index (χ4n) is 2.65. The van der Waals surface area contributed by atoms with E-state index in [1.54, 1.807) is 0 Å². The van der Waals surface area contributed by atoms with E-state index in [-0.39, 0.29) is 11.7 Å². The van der Waals surface area contributed by atoms with Gasteiger partial charge in [-0.15, -0.1) is 11.8 Å². The summed E-state index contributed by atoms with van der Waals surface area (Å²) in [6, 6.07) is -0.604. The molecule has 0 aliphatic heterocycles. The zero-order chi connectivity index (χ0) is 17.4. The van der Waals surface area contributed by atoms with Gasteiger partial charge in [0.05, 0.1) is 16.2 Å². The zero-order valence-corrected chi connectivity index (χ0v) is 14.9. The van der Waals surface area contributed by atoms with Gasteiger partial charge in [-0.3, -0.25) is 20.2 Å². The number of aliphatic carboxylic acids is 1. The van der Waals surface area contributed by atoms with Crippen LogP contribution in [0.3, 0.4) is 0 Å². The van der Waals surface area contributed by atoms with E-state index in [4.69, 9.17) is 5.11 Å². The lowest BCUT2D eigenvalue weighted by Gasteiger charge is -2.20. The van der Waals surface area contributed by atoms with Gasteiger partial charge in [0.2, 0.25) is 5.91 Å². The lowest BCUT2D eigenvalue weighted by Crippen LogP contribution is -2.34. The summed E-state index contributed by atoms with van der Waals surface area (Å²) in [7, 11) is 0. The van der Waals surface area contributed by atoms with Gasteiger partial charge in [0, 0.05) is 6.42 Å². The van der Waals surface area contributed by atoms with Crippen LogP contribution in [0, 0.1) is 5.92 Å². The number of aromatic nitrogens is 1. The molecule has 2 rings (SSSR count). The summed E-state index contributed by atoms with van der Waals surface area (Å²) < 4.78 is 0.691. The summed E-state index contributed by atoms with van der Waals surface area (Å²) >= 11 is 2.30. The molecule has 3 N–H and O–H groups in total. The first-order valence-corrected chi connectivity index (χ1v) is 9.74. The number of carbonyl (C=O) groups excluding carboxylic acids is 2. The molecule has 0 spiro atoms. The molecule has 9 heteroatoms. The second-order valence-corrected chi connectivity index (χ2v) is 8.02. The van der Waals surface area contributed by atoms with Crippen molar-refractivity contribution in [3.05, 3.63) is 6.20 Å². The highest BCUT2D eigenvalue weighted by atomic mass is 32.2. The number of urea groups is 1. The number of carboxylic acids is 1. The normalized spacial score (nSPS) is 15.0. The SMILES string of the molecule is O=C(O)CSc1cnc(NC(=O)NC(=O)CCC2CCCCC2)s1. The van der Waals surface area contributed by atoms with Gasteiger partial charge in [0.15, 0.2) is 5.13 Å². The second-order valence-electron chi connectivity index (χ2n) is 5.71. The first-order valence-electron chi connectivity index (χ1n) is 7.94. The topological polar surface area (TPSA) is 108 Å². The summed E-state index contributed by atoms with van der Waals surface area (Å²) in [6.45, 7) is 0. The molecule has 0 radical (unpaired) electrons. The average molecular weight is 371 g/mol. The number of hydrogen-bond acceptors (Lipinski definition) is 6. The Balaban J connectivity index is 1.68. The van der Waals surface area contributed by atoms with Gasteiger partial charge >= 0.3 is 12.0 Å². The van der Waals surface area contributed by atoms with Crippen molar-refractivity contribution >= 4 is 46.1 Å². The maximum Gasteiger partial charge on any atom is 0.327 e. The van der Waals surface area contributed by atoms with Crippen LogP contribution in [0.5, 0.6) is 0 Å². The monoisotopic (exact) mass is 371 g/mol. The minimum Gasteiger partial charge on any atom is -0.481 e. The third-order valence-corrected chi connectivity index (χ3v) is 5.89. The summed E-state index contributed by atoms with van der Waals surface area (Å²) in [6.07, 6.45) is 8.79. The van der Waals surface area contributed by atoms with Crippen LogP contribution in [0.15, 0.2) is 10.4 Å². The highest BCUT2D eigenvalue weighted by Crippen LogP contribution is 2.28. The highest BCUT2D eigenvalue weighted by Gasteiger charge is 2.16. The summed E-state index contributed by atoms with van der Waals surface area (Å²) in [5.41, 5.74) is 0. The van der Waals surface area contributed by atoms with Gasteiger partial charge in [0.1, 0.15) is 0 Å². The van der Waals surface area contributed by atoms with E-state index >= 15 is 0 Å². The van der Waals surface area contributed by atoms with Crippen molar-refractivity contribution in [1.82, 2.24) is 10.3 Å². The minimum absolute atomic E-state index is 0.0620. The van der Waals surface area contributed by atoms with Gasteiger partial charge in [-0.05, 0) is 12.3 Å². The molecular weight excluding hydrogens is 350 g/mol. The molecule has 1 saturated carbocycles. The van der Waals surface area contributed by atoms with E-state index in [1.807, 2.05) is 0 Å². The smallest absolute Gasteiger partial charge is 0.327 e. The predicted molar refractivity (Wildman–Crippen MR) is 93.4 cm³/mol. The molecule has 1 fully saturated rings. The number of nitrogens with one attached hydrogen (secondary N) is 2. The van der Waals surface area contributed by atoms with Crippen molar-refractivity contribution in [1.29, 1.82) is 0 Å². The number of rotatable bonds is 7. The van der Waals surface area contributed by atoms with Crippen molar-refractivity contribution in [2.24, 2.45) is 5.92 Å². The van der Waals surface area contributed by atoms with Crippen LogP contribution >= 0.6 is 23.1 Å². The van der Waals surface area contributed by atoms with Crippen molar-refractivity contribution in [3.63, 3.8) is 0 Å². The van der Waals surface area contributed by atoms with Crippen LogP contribution in [0.4, 0.5) is 9.93 Å². The van der Waals surface area contributed by atoms with Crippen LogP contribution in [0.25, 0.3) is 0 Å². The zero-order valence-electron chi connectivity index (χ0n) is 13.2. The Morgan fingerprint density at radius 1 is 1.29 bits per heavy atom. The number of anilines is 1. The fourth-order valence-corrected chi connectivity index (χ4v) is 4.23. The number of nitrogens with zero attached hydrogens (tertiary/aromatic N) is 1. The number of carbonyl (C=O) groups is 3.